The van der Waals surface area contributed by atoms with Crippen LogP contribution in [0.2, 0.25) is 0 Å². The highest BCUT2D eigenvalue weighted by Gasteiger charge is 2.18. The van der Waals surface area contributed by atoms with Crippen LogP contribution in [0.3, 0.4) is 0 Å². The fourth-order valence-electron chi connectivity index (χ4n) is 3.25. The molecule has 0 unspecified atom stereocenters. The summed E-state index contributed by atoms with van der Waals surface area (Å²) >= 11 is 0. The lowest BCUT2D eigenvalue weighted by molar-refractivity contribution is 0.855. The molecule has 0 spiro atoms. The highest BCUT2D eigenvalue weighted by atomic mass is 15.0. The van der Waals surface area contributed by atoms with Gasteiger partial charge in [0.15, 0.2) is 0 Å². The number of nitrogens with zero attached hydrogens (tertiary/aromatic N) is 2. The van der Waals surface area contributed by atoms with Crippen LogP contribution in [0.25, 0.3) is 10.9 Å². The van der Waals surface area contributed by atoms with Crippen molar-refractivity contribution in [1.29, 1.82) is 5.26 Å². The molecule has 0 radical (unpaired) electrons. The number of aromatic amines is 1. The molecule has 4 nitrogen and oxygen atoms in total. The Hall–Kier alpha value is -3.58. The number of hydrogen-bond donors (Lipinski definition) is 2. The third-order valence-electron chi connectivity index (χ3n) is 4.58. The third kappa shape index (κ3) is 3.15. The van der Waals surface area contributed by atoms with E-state index in [-0.39, 0.29) is 5.92 Å². The molecule has 1 atom stereocenters. The summed E-state index contributed by atoms with van der Waals surface area (Å²) in [6.07, 6.45) is 3.68. The average molecular weight is 338 g/mol. The predicted molar refractivity (Wildman–Crippen MR) is 104 cm³/mol. The lowest BCUT2D eigenvalue weighted by Gasteiger charge is -2.18. The van der Waals surface area contributed by atoms with Gasteiger partial charge in [-0.2, -0.15) is 5.26 Å². The number of aromatic nitrogens is 2. The quantitative estimate of drug-likeness (QED) is 0.555. The number of nitriles is 1. The molecule has 126 valence electrons. The van der Waals surface area contributed by atoms with Crippen LogP contribution in [-0.2, 0) is 0 Å². The largest absolute Gasteiger partial charge is 0.369 e. The van der Waals surface area contributed by atoms with Gasteiger partial charge in [-0.05, 0) is 29.3 Å². The topological polar surface area (TPSA) is 64.5 Å². The number of hydrogen-bond acceptors (Lipinski definition) is 3. The molecule has 2 aromatic carbocycles. The number of H-pyrrole nitrogens is 1. The van der Waals surface area contributed by atoms with Crippen molar-refractivity contribution in [1.82, 2.24) is 9.97 Å². The Balaban J connectivity index is 1.66. The summed E-state index contributed by atoms with van der Waals surface area (Å²) < 4.78 is 0. The number of anilines is 1. The molecule has 0 aliphatic carbocycles. The summed E-state index contributed by atoms with van der Waals surface area (Å²) in [4.78, 5) is 7.69. The van der Waals surface area contributed by atoms with Crippen molar-refractivity contribution in [3.63, 3.8) is 0 Å². The van der Waals surface area contributed by atoms with Crippen LogP contribution in [0, 0.1) is 11.3 Å². The Morgan fingerprint density at radius 1 is 1.00 bits per heavy atom. The fourth-order valence-corrected chi connectivity index (χ4v) is 3.25. The van der Waals surface area contributed by atoms with Gasteiger partial charge in [-0.15, -0.1) is 0 Å². The SMILES string of the molecule is N#Cc1ccc(NC[C@H](c2ccccc2)c2c[nH]c3ccccc23)nc1. The summed E-state index contributed by atoms with van der Waals surface area (Å²) in [5.74, 6) is 0.953. The van der Waals surface area contributed by atoms with Crippen molar-refractivity contribution in [3.8, 4) is 6.07 Å². The Morgan fingerprint density at radius 3 is 2.58 bits per heavy atom. The lowest BCUT2D eigenvalue weighted by Crippen LogP contribution is -2.14. The Bertz CT molecular complexity index is 1040. The first-order valence-corrected chi connectivity index (χ1v) is 8.56. The van der Waals surface area contributed by atoms with Crippen LogP contribution in [0.1, 0.15) is 22.6 Å². The van der Waals surface area contributed by atoms with Gasteiger partial charge in [-0.1, -0.05) is 48.5 Å². The molecule has 0 fully saturated rings. The molecule has 4 heteroatoms. The molecule has 0 amide bonds. The molecule has 4 aromatic rings. The van der Waals surface area contributed by atoms with Gasteiger partial charge >= 0.3 is 0 Å². The molecule has 0 aliphatic heterocycles. The van der Waals surface area contributed by atoms with Crippen LogP contribution in [0.5, 0.6) is 0 Å². The minimum atomic E-state index is 0.185. The van der Waals surface area contributed by atoms with Crippen molar-refractivity contribution in [3.05, 3.63) is 95.8 Å². The molecule has 4 rings (SSSR count). The Labute approximate surface area is 152 Å². The number of para-hydroxylation sites is 1. The zero-order valence-corrected chi connectivity index (χ0v) is 14.2. The first-order chi connectivity index (χ1) is 12.8. The van der Waals surface area contributed by atoms with Crippen molar-refractivity contribution in [2.75, 3.05) is 11.9 Å². The van der Waals surface area contributed by atoms with E-state index in [0.717, 1.165) is 11.3 Å². The van der Waals surface area contributed by atoms with Gasteiger partial charge in [-0.25, -0.2) is 4.98 Å². The maximum atomic E-state index is 8.91. The normalized spacial score (nSPS) is 11.8. The number of pyridine rings is 1. The summed E-state index contributed by atoms with van der Waals surface area (Å²) in [5, 5.41) is 13.6. The number of fused-ring (bicyclic) bond motifs is 1. The van der Waals surface area contributed by atoms with E-state index in [4.69, 9.17) is 5.26 Å². The molecule has 0 saturated carbocycles. The van der Waals surface area contributed by atoms with E-state index in [0.29, 0.717) is 12.1 Å². The highest BCUT2D eigenvalue weighted by Crippen LogP contribution is 2.31. The van der Waals surface area contributed by atoms with Crippen molar-refractivity contribution >= 4 is 16.7 Å². The van der Waals surface area contributed by atoms with Gasteiger partial charge in [-0.3, -0.25) is 0 Å². The average Bonchev–Trinajstić information content (AvgIpc) is 3.14. The maximum Gasteiger partial charge on any atom is 0.125 e. The smallest absolute Gasteiger partial charge is 0.125 e. The molecule has 2 heterocycles. The van der Waals surface area contributed by atoms with Gasteiger partial charge < -0.3 is 10.3 Å². The van der Waals surface area contributed by atoms with E-state index < -0.39 is 0 Å². The van der Waals surface area contributed by atoms with Gasteiger partial charge in [0.25, 0.3) is 0 Å². The van der Waals surface area contributed by atoms with Crippen LogP contribution < -0.4 is 5.32 Å². The number of nitrogens with one attached hydrogen (secondary N) is 2. The fraction of sp³-hybridized carbons (Fsp3) is 0.0909. The van der Waals surface area contributed by atoms with Crippen LogP contribution in [0.4, 0.5) is 5.82 Å². The van der Waals surface area contributed by atoms with Crippen molar-refractivity contribution in [2.45, 2.75) is 5.92 Å². The van der Waals surface area contributed by atoms with Crippen molar-refractivity contribution in [2.24, 2.45) is 0 Å². The molecular formula is C22H18N4. The lowest BCUT2D eigenvalue weighted by atomic mass is 9.91. The van der Waals surface area contributed by atoms with E-state index in [1.807, 2.05) is 18.2 Å². The zero-order valence-electron chi connectivity index (χ0n) is 14.2. The monoisotopic (exact) mass is 338 g/mol. The van der Waals surface area contributed by atoms with Crippen molar-refractivity contribution < 1.29 is 0 Å². The van der Waals surface area contributed by atoms with E-state index in [2.05, 4.69) is 70.0 Å². The van der Waals surface area contributed by atoms with Gasteiger partial charge in [0.2, 0.25) is 0 Å². The van der Waals surface area contributed by atoms with E-state index in [9.17, 15) is 0 Å². The van der Waals surface area contributed by atoms with Gasteiger partial charge in [0.1, 0.15) is 11.9 Å². The van der Waals surface area contributed by atoms with E-state index in [1.54, 1.807) is 12.3 Å². The molecule has 26 heavy (non-hydrogen) atoms. The third-order valence-corrected chi connectivity index (χ3v) is 4.58. The second-order valence-electron chi connectivity index (χ2n) is 6.18. The minimum Gasteiger partial charge on any atom is -0.369 e. The summed E-state index contributed by atoms with van der Waals surface area (Å²) in [6, 6.07) is 24.5. The molecule has 2 aromatic heterocycles. The molecule has 0 saturated heterocycles. The zero-order chi connectivity index (χ0) is 17.8. The van der Waals surface area contributed by atoms with Gasteiger partial charge in [0, 0.05) is 35.8 Å². The van der Waals surface area contributed by atoms with Crippen LogP contribution >= 0.6 is 0 Å². The Kier molecular flexibility index (Phi) is 4.36. The Morgan fingerprint density at radius 2 is 1.81 bits per heavy atom. The highest BCUT2D eigenvalue weighted by molar-refractivity contribution is 5.84. The molecular weight excluding hydrogens is 320 g/mol. The van der Waals surface area contributed by atoms with E-state index in [1.165, 1.54) is 16.5 Å². The first kappa shape index (κ1) is 15.9. The first-order valence-electron chi connectivity index (χ1n) is 8.56. The number of benzene rings is 2. The minimum absolute atomic E-state index is 0.185. The van der Waals surface area contributed by atoms with Gasteiger partial charge in [0.05, 0.1) is 5.56 Å². The second kappa shape index (κ2) is 7.12. The molecule has 0 aliphatic rings. The molecule has 0 bridgehead atoms. The second-order valence-corrected chi connectivity index (χ2v) is 6.18. The standard InChI is InChI=1S/C22H18N4/c23-12-16-10-11-22(25-13-16)26-14-19(17-6-2-1-3-7-17)20-15-24-21-9-5-4-8-18(20)21/h1-11,13,15,19,24H,14H2,(H,25,26)/t19-/m1/s1. The van der Waals surface area contributed by atoms with Crippen LogP contribution in [-0.4, -0.2) is 16.5 Å². The molecule has 2 N–H and O–H groups in total. The number of rotatable bonds is 5. The van der Waals surface area contributed by atoms with Crippen LogP contribution in [0.15, 0.2) is 79.1 Å². The predicted octanol–water partition coefficient (Wildman–Crippen LogP) is 4.68. The summed E-state index contributed by atoms with van der Waals surface area (Å²) in [5.41, 5.74) is 4.21. The van der Waals surface area contributed by atoms with E-state index >= 15 is 0 Å². The summed E-state index contributed by atoms with van der Waals surface area (Å²) in [7, 11) is 0. The maximum absolute atomic E-state index is 8.91. The summed E-state index contributed by atoms with van der Waals surface area (Å²) in [6.45, 7) is 0.713.